The van der Waals surface area contributed by atoms with Gasteiger partial charge in [0.1, 0.15) is 5.02 Å². The number of anilines is 1. The zero-order chi connectivity index (χ0) is 13.9. The molecule has 2 heterocycles. The Balaban J connectivity index is 2.13. The predicted molar refractivity (Wildman–Crippen MR) is 80.3 cm³/mol. The van der Waals surface area contributed by atoms with E-state index in [1.54, 1.807) is 13.3 Å². The number of halogens is 1. The van der Waals surface area contributed by atoms with Crippen LogP contribution in [0.3, 0.4) is 0 Å². The van der Waals surface area contributed by atoms with Crippen LogP contribution in [0.2, 0.25) is 5.02 Å². The fraction of sp³-hybridized carbons (Fsp3) is 0.667. The quantitative estimate of drug-likeness (QED) is 0.915. The van der Waals surface area contributed by atoms with Crippen LogP contribution in [0.25, 0.3) is 0 Å². The zero-order valence-corrected chi connectivity index (χ0v) is 12.8. The summed E-state index contributed by atoms with van der Waals surface area (Å²) in [6, 6.07) is 0.347. The summed E-state index contributed by atoms with van der Waals surface area (Å²) in [5.41, 5.74) is 5.90. The van der Waals surface area contributed by atoms with Crippen LogP contribution in [0.4, 0.5) is 5.82 Å². The van der Waals surface area contributed by atoms with E-state index in [-0.39, 0.29) is 4.75 Å². The van der Waals surface area contributed by atoms with E-state index in [0.29, 0.717) is 17.6 Å². The van der Waals surface area contributed by atoms with Crippen LogP contribution in [0.1, 0.15) is 12.8 Å². The van der Waals surface area contributed by atoms with Gasteiger partial charge >= 0.3 is 6.01 Å². The lowest BCUT2D eigenvalue weighted by Crippen LogP contribution is -2.46. The zero-order valence-electron chi connectivity index (χ0n) is 11.2. The van der Waals surface area contributed by atoms with E-state index in [0.717, 1.165) is 31.7 Å². The molecule has 7 heteroatoms. The van der Waals surface area contributed by atoms with Crippen molar-refractivity contribution >= 4 is 29.2 Å². The van der Waals surface area contributed by atoms with Gasteiger partial charge in [-0.25, -0.2) is 4.98 Å². The van der Waals surface area contributed by atoms with Crippen molar-refractivity contribution in [2.45, 2.75) is 17.6 Å². The molecule has 2 rings (SSSR count). The van der Waals surface area contributed by atoms with Crippen molar-refractivity contribution in [2.24, 2.45) is 5.73 Å². The number of nitrogens with two attached hydrogens (primary N) is 1. The van der Waals surface area contributed by atoms with Gasteiger partial charge in [-0.15, -0.1) is 0 Å². The SMILES string of the molecule is COc1ncc(Cl)c(N2CCC(CN)(SC)CC2)n1. The number of nitrogens with zero attached hydrogens (tertiary/aromatic N) is 3. The first kappa shape index (κ1) is 14.7. The molecule has 2 N–H and O–H groups in total. The second-order valence-corrected chi connectivity index (χ2v) is 6.29. The Kier molecular flexibility index (Phi) is 4.76. The maximum absolute atomic E-state index is 6.17. The smallest absolute Gasteiger partial charge is 0.318 e. The molecule has 0 radical (unpaired) electrons. The van der Waals surface area contributed by atoms with Gasteiger partial charge in [0, 0.05) is 24.4 Å². The molecule has 0 bridgehead atoms. The minimum absolute atomic E-state index is 0.195. The number of rotatable bonds is 4. The maximum atomic E-state index is 6.17. The predicted octanol–water partition coefficient (Wildman–Crippen LogP) is 1.80. The lowest BCUT2D eigenvalue weighted by molar-refractivity contribution is 0.378. The minimum atomic E-state index is 0.195. The lowest BCUT2D eigenvalue weighted by Gasteiger charge is -2.40. The van der Waals surface area contributed by atoms with Crippen LogP contribution in [0.5, 0.6) is 6.01 Å². The average molecular weight is 303 g/mol. The van der Waals surface area contributed by atoms with Crippen LogP contribution in [-0.4, -0.2) is 47.7 Å². The molecule has 1 fully saturated rings. The lowest BCUT2D eigenvalue weighted by atomic mass is 9.96. The molecule has 1 aromatic heterocycles. The van der Waals surface area contributed by atoms with E-state index in [1.165, 1.54) is 0 Å². The normalized spacial score (nSPS) is 18.4. The molecule has 106 valence electrons. The Morgan fingerprint density at radius 2 is 2.21 bits per heavy atom. The highest BCUT2D eigenvalue weighted by Crippen LogP contribution is 2.36. The van der Waals surface area contributed by atoms with Crippen molar-refractivity contribution < 1.29 is 4.74 Å². The van der Waals surface area contributed by atoms with Gasteiger partial charge in [0.05, 0.1) is 13.3 Å². The Morgan fingerprint density at radius 3 is 2.74 bits per heavy atom. The molecule has 1 saturated heterocycles. The van der Waals surface area contributed by atoms with Gasteiger partial charge in [0.2, 0.25) is 0 Å². The summed E-state index contributed by atoms with van der Waals surface area (Å²) in [4.78, 5) is 10.5. The van der Waals surface area contributed by atoms with Crippen LogP contribution in [0.15, 0.2) is 6.20 Å². The second-order valence-electron chi connectivity index (χ2n) is 4.61. The van der Waals surface area contributed by atoms with E-state index >= 15 is 0 Å². The van der Waals surface area contributed by atoms with Crippen LogP contribution >= 0.6 is 23.4 Å². The molecule has 0 amide bonds. The summed E-state index contributed by atoms with van der Waals surface area (Å²) < 4.78 is 5.25. The van der Waals surface area contributed by atoms with Gasteiger partial charge in [-0.2, -0.15) is 16.7 Å². The van der Waals surface area contributed by atoms with Gasteiger partial charge in [0.15, 0.2) is 5.82 Å². The molecule has 1 aliphatic rings. The van der Waals surface area contributed by atoms with Crippen LogP contribution in [0, 0.1) is 0 Å². The minimum Gasteiger partial charge on any atom is -0.467 e. The number of methoxy groups -OCH3 is 1. The molecule has 1 aliphatic heterocycles. The topological polar surface area (TPSA) is 64.3 Å². The third kappa shape index (κ3) is 3.07. The monoisotopic (exact) mass is 302 g/mol. The maximum Gasteiger partial charge on any atom is 0.318 e. The number of hydrogen-bond acceptors (Lipinski definition) is 6. The summed E-state index contributed by atoms with van der Waals surface area (Å²) in [6.45, 7) is 2.51. The van der Waals surface area contributed by atoms with Gasteiger partial charge in [-0.1, -0.05) is 11.6 Å². The summed E-state index contributed by atoms with van der Waals surface area (Å²) >= 11 is 8.03. The van der Waals surface area contributed by atoms with E-state index in [9.17, 15) is 0 Å². The number of piperidine rings is 1. The summed E-state index contributed by atoms with van der Waals surface area (Å²) in [6.07, 6.45) is 5.78. The van der Waals surface area contributed by atoms with E-state index in [2.05, 4.69) is 21.1 Å². The van der Waals surface area contributed by atoms with Gasteiger partial charge in [-0.05, 0) is 19.1 Å². The number of ether oxygens (including phenoxy) is 1. The van der Waals surface area contributed by atoms with Crippen LogP contribution in [-0.2, 0) is 0 Å². The van der Waals surface area contributed by atoms with E-state index in [1.807, 2.05) is 11.8 Å². The van der Waals surface area contributed by atoms with E-state index in [4.69, 9.17) is 22.1 Å². The third-order valence-corrected chi connectivity index (χ3v) is 5.37. The van der Waals surface area contributed by atoms with Gasteiger partial charge < -0.3 is 15.4 Å². The summed E-state index contributed by atoms with van der Waals surface area (Å²) in [7, 11) is 1.55. The molecule has 1 aromatic rings. The molecule has 19 heavy (non-hydrogen) atoms. The van der Waals surface area contributed by atoms with Crippen molar-refractivity contribution in [3.8, 4) is 6.01 Å². The fourth-order valence-corrected chi connectivity index (χ4v) is 3.25. The first-order valence-corrected chi connectivity index (χ1v) is 7.81. The average Bonchev–Trinajstić information content (AvgIpc) is 2.48. The molecule has 0 atom stereocenters. The standard InChI is InChI=1S/C12H19ClN4OS/c1-18-11-15-7-9(13)10(16-11)17-5-3-12(8-14,19-2)4-6-17/h7H,3-6,8,14H2,1-2H3. The highest BCUT2D eigenvalue weighted by molar-refractivity contribution is 8.00. The Hall–Kier alpha value is -0.720. The largest absolute Gasteiger partial charge is 0.467 e. The summed E-state index contributed by atoms with van der Waals surface area (Å²) in [5.74, 6) is 0.750. The van der Waals surface area contributed by atoms with Crippen LogP contribution < -0.4 is 15.4 Å². The van der Waals surface area contributed by atoms with Gasteiger partial charge in [-0.3, -0.25) is 0 Å². The molecule has 5 nitrogen and oxygen atoms in total. The molecular formula is C12H19ClN4OS. The van der Waals surface area contributed by atoms with Crippen molar-refractivity contribution in [1.82, 2.24) is 9.97 Å². The Morgan fingerprint density at radius 1 is 1.53 bits per heavy atom. The van der Waals surface area contributed by atoms with Gasteiger partial charge in [0.25, 0.3) is 0 Å². The van der Waals surface area contributed by atoms with Crippen molar-refractivity contribution in [3.63, 3.8) is 0 Å². The molecular weight excluding hydrogens is 284 g/mol. The van der Waals surface area contributed by atoms with Crippen molar-refractivity contribution in [3.05, 3.63) is 11.2 Å². The molecule has 0 aromatic carbocycles. The third-order valence-electron chi connectivity index (χ3n) is 3.67. The number of thioether (sulfide) groups is 1. The highest BCUT2D eigenvalue weighted by Gasteiger charge is 2.33. The second kappa shape index (κ2) is 6.15. The summed E-state index contributed by atoms with van der Waals surface area (Å²) in [5, 5.41) is 0.560. The number of aromatic nitrogens is 2. The molecule has 0 unspecified atom stereocenters. The van der Waals surface area contributed by atoms with Crippen molar-refractivity contribution in [2.75, 3.05) is 37.9 Å². The number of hydrogen-bond donors (Lipinski definition) is 1. The fourth-order valence-electron chi connectivity index (χ4n) is 2.28. The molecule has 0 saturated carbocycles. The Labute approximate surface area is 122 Å². The first-order chi connectivity index (χ1) is 9.14. The first-order valence-electron chi connectivity index (χ1n) is 6.21. The van der Waals surface area contributed by atoms with Crippen molar-refractivity contribution in [1.29, 1.82) is 0 Å². The Bertz CT molecular complexity index is 432. The van der Waals surface area contributed by atoms with E-state index < -0.39 is 0 Å². The highest BCUT2D eigenvalue weighted by atomic mass is 35.5. The molecule has 0 spiro atoms. The molecule has 0 aliphatic carbocycles.